The second-order valence-electron chi connectivity index (χ2n) is 2.98. The fourth-order valence-corrected chi connectivity index (χ4v) is 2.30. The second kappa shape index (κ2) is 1.65. The molecular formula is C7H9BrO2. The summed E-state index contributed by atoms with van der Waals surface area (Å²) in [7, 11) is 0. The maximum Gasteiger partial charge on any atom is 0.201 e. The van der Waals surface area contributed by atoms with Gasteiger partial charge in [-0.25, -0.2) is 0 Å². The highest BCUT2D eigenvalue weighted by Crippen LogP contribution is 2.63. The summed E-state index contributed by atoms with van der Waals surface area (Å²) in [5.74, 6) is -0.631. The molecule has 1 aliphatic carbocycles. The van der Waals surface area contributed by atoms with Crippen LogP contribution in [0.4, 0.5) is 0 Å². The first kappa shape index (κ1) is 6.83. The topological polar surface area (TPSA) is 29.5 Å². The van der Waals surface area contributed by atoms with Gasteiger partial charge in [-0.05, 0) is 12.5 Å². The van der Waals surface area contributed by atoms with Gasteiger partial charge in [-0.3, -0.25) is 0 Å². The van der Waals surface area contributed by atoms with Gasteiger partial charge in [-0.15, -0.1) is 0 Å². The molecule has 3 heteroatoms. The normalized spacial score (nSPS) is 58.0. The van der Waals surface area contributed by atoms with E-state index < -0.39 is 5.79 Å². The van der Waals surface area contributed by atoms with E-state index in [4.69, 9.17) is 4.74 Å². The molecule has 3 atom stereocenters. The molecule has 0 radical (unpaired) electrons. The SMILES string of the molecule is C=C[C@]1(O)OC[C@@H]2C[C@@]21Br. The van der Waals surface area contributed by atoms with Crippen LogP contribution in [0.5, 0.6) is 0 Å². The number of aliphatic hydroxyl groups is 1. The standard InChI is InChI=1S/C7H9BrO2/c1-2-7(9)6(8)3-5(6)4-10-7/h2,5,9H,1,3-4H2/t5-,6+,7-/m0/s1. The van der Waals surface area contributed by atoms with Gasteiger partial charge in [0.05, 0.1) is 10.9 Å². The number of halogens is 1. The van der Waals surface area contributed by atoms with Gasteiger partial charge in [0.25, 0.3) is 0 Å². The predicted octanol–water partition coefficient (Wildman–Crippen LogP) is 1.04. The molecule has 2 nitrogen and oxygen atoms in total. The molecule has 56 valence electrons. The van der Waals surface area contributed by atoms with E-state index in [1.54, 1.807) is 0 Å². The lowest BCUT2D eigenvalue weighted by molar-refractivity contribution is -0.144. The number of alkyl halides is 1. The van der Waals surface area contributed by atoms with Gasteiger partial charge in [0, 0.05) is 5.92 Å². The molecule has 10 heavy (non-hydrogen) atoms. The van der Waals surface area contributed by atoms with Crippen LogP contribution in [0.15, 0.2) is 12.7 Å². The molecule has 1 saturated heterocycles. The summed E-state index contributed by atoms with van der Waals surface area (Å²) >= 11 is 3.45. The summed E-state index contributed by atoms with van der Waals surface area (Å²) in [5, 5.41) is 9.68. The Morgan fingerprint density at radius 1 is 1.80 bits per heavy atom. The average Bonchev–Trinajstić information content (AvgIpc) is 2.53. The molecule has 0 amide bonds. The van der Waals surface area contributed by atoms with Crippen LogP contribution in [-0.4, -0.2) is 21.8 Å². The summed E-state index contributed by atoms with van der Waals surface area (Å²) in [6.45, 7) is 4.18. The van der Waals surface area contributed by atoms with Gasteiger partial charge in [0.2, 0.25) is 5.79 Å². The van der Waals surface area contributed by atoms with E-state index in [-0.39, 0.29) is 4.32 Å². The molecule has 1 N–H and O–H groups in total. The van der Waals surface area contributed by atoms with E-state index in [1.165, 1.54) is 6.08 Å². The lowest BCUT2D eigenvalue weighted by atomic mass is 10.2. The Labute approximate surface area is 68.0 Å². The third kappa shape index (κ3) is 0.563. The van der Waals surface area contributed by atoms with Crippen molar-refractivity contribution in [1.29, 1.82) is 0 Å². The Bertz CT molecular complexity index is 192. The fraction of sp³-hybridized carbons (Fsp3) is 0.714. The van der Waals surface area contributed by atoms with Crippen LogP contribution in [-0.2, 0) is 4.74 Å². The summed E-state index contributed by atoms with van der Waals surface area (Å²) in [5.41, 5.74) is 0. The van der Waals surface area contributed by atoms with Crippen LogP contribution in [0, 0.1) is 5.92 Å². The maximum atomic E-state index is 9.68. The lowest BCUT2D eigenvalue weighted by Crippen LogP contribution is -2.37. The summed E-state index contributed by atoms with van der Waals surface area (Å²) in [4.78, 5) is 0. The van der Waals surface area contributed by atoms with Crippen molar-refractivity contribution >= 4 is 15.9 Å². The molecule has 0 spiro atoms. The molecule has 0 aromatic heterocycles. The Kier molecular flexibility index (Phi) is 1.13. The monoisotopic (exact) mass is 204 g/mol. The average molecular weight is 205 g/mol. The van der Waals surface area contributed by atoms with E-state index >= 15 is 0 Å². The molecular weight excluding hydrogens is 196 g/mol. The molecule has 0 bridgehead atoms. The minimum Gasteiger partial charge on any atom is -0.361 e. The largest absolute Gasteiger partial charge is 0.361 e. The number of hydrogen-bond donors (Lipinski definition) is 1. The number of fused-ring (bicyclic) bond motifs is 1. The van der Waals surface area contributed by atoms with E-state index in [2.05, 4.69) is 22.5 Å². The first-order valence-corrected chi connectivity index (χ1v) is 4.10. The Hall–Kier alpha value is 0.140. The highest BCUT2D eigenvalue weighted by molar-refractivity contribution is 9.10. The molecule has 0 unspecified atom stereocenters. The summed E-state index contributed by atoms with van der Waals surface area (Å²) < 4.78 is 4.94. The van der Waals surface area contributed by atoms with Crippen molar-refractivity contribution in [3.8, 4) is 0 Å². The first-order valence-electron chi connectivity index (χ1n) is 3.31. The van der Waals surface area contributed by atoms with Crippen molar-refractivity contribution in [3.63, 3.8) is 0 Å². The number of hydrogen-bond acceptors (Lipinski definition) is 2. The molecule has 0 aromatic carbocycles. The fourth-order valence-electron chi connectivity index (χ4n) is 1.51. The number of rotatable bonds is 1. The van der Waals surface area contributed by atoms with Gasteiger partial charge in [0.1, 0.15) is 0 Å². The highest BCUT2D eigenvalue weighted by atomic mass is 79.9. The first-order chi connectivity index (χ1) is 4.62. The number of ether oxygens (including phenoxy) is 1. The smallest absolute Gasteiger partial charge is 0.201 e. The molecule has 1 heterocycles. The van der Waals surface area contributed by atoms with E-state index in [0.717, 1.165) is 6.42 Å². The van der Waals surface area contributed by atoms with Crippen LogP contribution in [0.25, 0.3) is 0 Å². The Balaban J connectivity index is 2.31. The summed E-state index contributed by atoms with van der Waals surface area (Å²) in [6, 6.07) is 0. The van der Waals surface area contributed by atoms with Crippen molar-refractivity contribution in [2.75, 3.05) is 6.61 Å². The van der Waals surface area contributed by atoms with Crippen molar-refractivity contribution in [2.24, 2.45) is 5.92 Å². The van der Waals surface area contributed by atoms with E-state index in [9.17, 15) is 5.11 Å². The van der Waals surface area contributed by atoms with Gasteiger partial charge < -0.3 is 9.84 Å². The van der Waals surface area contributed by atoms with Crippen molar-refractivity contribution in [1.82, 2.24) is 0 Å². The molecule has 1 aliphatic heterocycles. The van der Waals surface area contributed by atoms with Gasteiger partial charge >= 0.3 is 0 Å². The third-order valence-corrected chi connectivity index (χ3v) is 3.95. The zero-order chi connectivity index (χ0) is 7.41. The van der Waals surface area contributed by atoms with Crippen LogP contribution in [0.2, 0.25) is 0 Å². The molecule has 1 saturated carbocycles. The van der Waals surface area contributed by atoms with Gasteiger partial charge in [0.15, 0.2) is 0 Å². The maximum absolute atomic E-state index is 9.68. The van der Waals surface area contributed by atoms with E-state index in [0.29, 0.717) is 12.5 Å². The predicted molar refractivity (Wildman–Crippen MR) is 40.9 cm³/mol. The summed E-state index contributed by atoms with van der Waals surface area (Å²) in [6.07, 6.45) is 2.46. The van der Waals surface area contributed by atoms with Gasteiger partial charge in [-0.2, -0.15) is 0 Å². The molecule has 2 rings (SSSR count). The lowest BCUT2D eigenvalue weighted by Gasteiger charge is -2.24. The van der Waals surface area contributed by atoms with Crippen LogP contribution in [0.1, 0.15) is 6.42 Å². The minimum absolute atomic E-state index is 0.207. The molecule has 0 aromatic rings. The Morgan fingerprint density at radius 3 is 2.70 bits per heavy atom. The minimum atomic E-state index is -1.11. The van der Waals surface area contributed by atoms with Crippen LogP contribution in [0.3, 0.4) is 0 Å². The van der Waals surface area contributed by atoms with Crippen molar-refractivity contribution < 1.29 is 9.84 Å². The zero-order valence-electron chi connectivity index (χ0n) is 5.51. The third-order valence-electron chi connectivity index (χ3n) is 2.41. The second-order valence-corrected chi connectivity index (χ2v) is 4.39. The van der Waals surface area contributed by atoms with Crippen LogP contribution >= 0.6 is 15.9 Å². The highest BCUT2D eigenvalue weighted by Gasteiger charge is 2.70. The van der Waals surface area contributed by atoms with Crippen LogP contribution < -0.4 is 0 Å². The van der Waals surface area contributed by atoms with Crippen molar-refractivity contribution in [2.45, 2.75) is 16.5 Å². The van der Waals surface area contributed by atoms with Gasteiger partial charge in [-0.1, -0.05) is 22.5 Å². The zero-order valence-corrected chi connectivity index (χ0v) is 7.10. The van der Waals surface area contributed by atoms with E-state index in [1.807, 2.05) is 0 Å². The Morgan fingerprint density at radius 2 is 2.50 bits per heavy atom. The molecule has 2 aliphatic rings. The molecule has 2 fully saturated rings. The van der Waals surface area contributed by atoms with Crippen molar-refractivity contribution in [3.05, 3.63) is 12.7 Å². The quantitative estimate of drug-likeness (QED) is 0.512.